The lowest BCUT2D eigenvalue weighted by Crippen LogP contribution is -2.08. The van der Waals surface area contributed by atoms with Crippen LogP contribution in [0.4, 0.5) is 0 Å². The molecule has 2 rings (SSSR count). The van der Waals surface area contributed by atoms with Gasteiger partial charge >= 0.3 is 0 Å². The molecule has 0 amide bonds. The summed E-state index contributed by atoms with van der Waals surface area (Å²) in [5.74, 6) is 0. The predicted molar refractivity (Wildman–Crippen MR) is 84.3 cm³/mol. The van der Waals surface area contributed by atoms with E-state index < -0.39 is 6.10 Å². The predicted octanol–water partition coefficient (Wildman–Crippen LogP) is 3.85. The topological polar surface area (TPSA) is 38.0 Å². The molecule has 1 N–H and O–H groups in total. The Balaban J connectivity index is 2.15. The first-order chi connectivity index (χ1) is 9.31. The molecule has 1 unspecified atom stereocenters. The summed E-state index contributed by atoms with van der Waals surface area (Å²) in [6.07, 6.45) is 0.177. The van der Waals surface area contributed by atoms with E-state index in [0.717, 1.165) is 22.8 Å². The fourth-order valence-electron chi connectivity index (χ4n) is 2.27. The Morgan fingerprint density at radius 3 is 2.60 bits per heavy atom. The second kappa shape index (κ2) is 5.70. The van der Waals surface area contributed by atoms with Gasteiger partial charge in [0.25, 0.3) is 0 Å². The molecule has 1 atom stereocenters. The Morgan fingerprint density at radius 1 is 1.35 bits per heavy atom. The molecule has 0 fully saturated rings. The highest BCUT2D eigenvalue weighted by Gasteiger charge is 2.20. The van der Waals surface area contributed by atoms with Crippen molar-refractivity contribution in [3.63, 3.8) is 0 Å². The van der Waals surface area contributed by atoms with Gasteiger partial charge in [-0.2, -0.15) is 5.10 Å². The van der Waals surface area contributed by atoms with E-state index in [1.165, 1.54) is 4.88 Å². The van der Waals surface area contributed by atoms with Crippen LogP contribution in [0.5, 0.6) is 0 Å². The summed E-state index contributed by atoms with van der Waals surface area (Å²) < 4.78 is 1.97. The molecule has 0 aliphatic carbocycles. The zero-order valence-electron chi connectivity index (χ0n) is 13.0. The summed E-state index contributed by atoms with van der Waals surface area (Å²) in [4.78, 5) is 2.35. The summed E-state index contributed by atoms with van der Waals surface area (Å²) in [6, 6.07) is 6.24. The highest BCUT2D eigenvalue weighted by molar-refractivity contribution is 7.12. The minimum atomic E-state index is -0.447. The van der Waals surface area contributed by atoms with Crippen molar-refractivity contribution in [3.8, 4) is 0 Å². The van der Waals surface area contributed by atoms with Crippen LogP contribution >= 0.6 is 11.3 Å². The number of aliphatic hydroxyl groups is 1. The average Bonchev–Trinajstić information content (AvgIpc) is 2.94. The smallest absolute Gasteiger partial charge is 0.0937 e. The molecule has 20 heavy (non-hydrogen) atoms. The van der Waals surface area contributed by atoms with Gasteiger partial charge in [-0.15, -0.1) is 11.3 Å². The lowest BCUT2D eigenvalue weighted by molar-refractivity contribution is 0.179. The van der Waals surface area contributed by atoms with Gasteiger partial charge in [0, 0.05) is 28.4 Å². The van der Waals surface area contributed by atoms with Crippen LogP contribution in [0.25, 0.3) is 0 Å². The lowest BCUT2D eigenvalue weighted by atomic mass is 9.95. The van der Waals surface area contributed by atoms with Gasteiger partial charge in [-0.25, -0.2) is 0 Å². The largest absolute Gasteiger partial charge is 0.387 e. The second-order valence-electron chi connectivity index (χ2n) is 6.26. The van der Waals surface area contributed by atoms with Crippen molar-refractivity contribution in [3.05, 3.63) is 39.3 Å². The summed E-state index contributed by atoms with van der Waals surface area (Å²) >= 11 is 1.71. The van der Waals surface area contributed by atoms with Gasteiger partial charge in [-0.1, -0.05) is 20.8 Å². The number of thiophene rings is 1. The third-order valence-electron chi connectivity index (χ3n) is 3.38. The summed E-state index contributed by atoms with van der Waals surface area (Å²) in [5, 5.41) is 14.9. The monoisotopic (exact) mass is 292 g/mol. The van der Waals surface area contributed by atoms with Crippen LogP contribution in [0.3, 0.4) is 0 Å². The van der Waals surface area contributed by atoms with E-state index in [2.05, 4.69) is 51.0 Å². The molecule has 3 nitrogen and oxygen atoms in total. The zero-order valence-corrected chi connectivity index (χ0v) is 13.8. The molecule has 0 saturated heterocycles. The number of hydrogen-bond acceptors (Lipinski definition) is 3. The highest BCUT2D eigenvalue weighted by atomic mass is 32.1. The molecule has 0 bridgehead atoms. The molecule has 0 aliphatic heterocycles. The Morgan fingerprint density at radius 2 is 2.05 bits per heavy atom. The van der Waals surface area contributed by atoms with Crippen molar-refractivity contribution in [2.24, 2.45) is 0 Å². The number of hydrogen-bond donors (Lipinski definition) is 1. The Labute approximate surface area is 125 Å². The summed E-state index contributed by atoms with van der Waals surface area (Å²) in [6.45, 7) is 11.5. The van der Waals surface area contributed by atoms with E-state index in [9.17, 15) is 5.11 Å². The Kier molecular flexibility index (Phi) is 4.35. The van der Waals surface area contributed by atoms with Crippen molar-refractivity contribution < 1.29 is 5.11 Å². The fourth-order valence-corrected chi connectivity index (χ4v) is 3.32. The van der Waals surface area contributed by atoms with Gasteiger partial charge in [0.1, 0.15) is 0 Å². The SMILES string of the molecule is CCn1nc(C)cc1CC(O)c1ccc(C(C)(C)C)s1. The molecule has 110 valence electrons. The molecule has 0 radical (unpaired) electrons. The van der Waals surface area contributed by atoms with E-state index >= 15 is 0 Å². The van der Waals surface area contributed by atoms with Crippen molar-refractivity contribution >= 4 is 11.3 Å². The molecule has 2 heterocycles. The van der Waals surface area contributed by atoms with Gasteiger partial charge in [-0.05, 0) is 37.5 Å². The number of aliphatic hydroxyl groups excluding tert-OH is 1. The van der Waals surface area contributed by atoms with Crippen LogP contribution in [0.1, 0.15) is 54.9 Å². The van der Waals surface area contributed by atoms with Crippen molar-refractivity contribution in [2.75, 3.05) is 0 Å². The van der Waals surface area contributed by atoms with Crippen LogP contribution in [-0.4, -0.2) is 14.9 Å². The van der Waals surface area contributed by atoms with E-state index in [4.69, 9.17) is 0 Å². The maximum absolute atomic E-state index is 10.5. The Hall–Kier alpha value is -1.13. The minimum absolute atomic E-state index is 0.143. The second-order valence-corrected chi connectivity index (χ2v) is 7.38. The standard InChI is InChI=1S/C16H24N2OS/c1-6-18-12(9-11(2)17-18)10-13(19)14-7-8-15(20-14)16(3,4)5/h7-9,13,19H,6,10H2,1-5H3. The van der Waals surface area contributed by atoms with Crippen molar-refractivity contribution in [1.29, 1.82) is 0 Å². The van der Waals surface area contributed by atoms with Crippen LogP contribution in [0, 0.1) is 6.92 Å². The summed E-state index contributed by atoms with van der Waals surface area (Å²) in [5.41, 5.74) is 2.25. The van der Waals surface area contributed by atoms with Gasteiger partial charge in [0.15, 0.2) is 0 Å². The third-order valence-corrected chi connectivity index (χ3v) is 4.99. The van der Waals surface area contributed by atoms with Crippen LogP contribution in [0.2, 0.25) is 0 Å². The molecule has 0 saturated carbocycles. The average molecular weight is 292 g/mol. The van der Waals surface area contributed by atoms with E-state index in [-0.39, 0.29) is 5.41 Å². The first kappa shape index (κ1) is 15.3. The van der Waals surface area contributed by atoms with Gasteiger partial charge in [0.2, 0.25) is 0 Å². The molecule has 2 aromatic rings. The number of aryl methyl sites for hydroxylation is 2. The van der Waals surface area contributed by atoms with Crippen LogP contribution in [-0.2, 0) is 18.4 Å². The lowest BCUT2D eigenvalue weighted by Gasteiger charge is -2.15. The van der Waals surface area contributed by atoms with Gasteiger partial charge in [-0.3, -0.25) is 4.68 Å². The fraction of sp³-hybridized carbons (Fsp3) is 0.562. The molecular weight excluding hydrogens is 268 g/mol. The molecule has 0 spiro atoms. The van der Waals surface area contributed by atoms with E-state index in [1.54, 1.807) is 11.3 Å². The minimum Gasteiger partial charge on any atom is -0.387 e. The Bertz CT molecular complexity index is 578. The quantitative estimate of drug-likeness (QED) is 0.929. The normalized spacial score (nSPS) is 13.7. The maximum atomic E-state index is 10.5. The third kappa shape index (κ3) is 3.30. The van der Waals surface area contributed by atoms with E-state index in [1.807, 2.05) is 11.6 Å². The van der Waals surface area contributed by atoms with Crippen LogP contribution < -0.4 is 0 Å². The van der Waals surface area contributed by atoms with Gasteiger partial charge < -0.3 is 5.11 Å². The molecule has 0 aromatic carbocycles. The van der Waals surface area contributed by atoms with Crippen LogP contribution in [0.15, 0.2) is 18.2 Å². The first-order valence-electron chi connectivity index (χ1n) is 7.13. The molecular formula is C16H24N2OS. The number of nitrogens with zero attached hydrogens (tertiary/aromatic N) is 2. The highest BCUT2D eigenvalue weighted by Crippen LogP contribution is 2.33. The summed E-state index contributed by atoms with van der Waals surface area (Å²) in [7, 11) is 0. The number of aromatic nitrogens is 2. The number of rotatable bonds is 4. The first-order valence-corrected chi connectivity index (χ1v) is 7.94. The molecule has 0 aliphatic rings. The molecule has 2 aromatic heterocycles. The molecule has 4 heteroatoms. The van der Waals surface area contributed by atoms with Gasteiger partial charge in [0.05, 0.1) is 11.8 Å². The van der Waals surface area contributed by atoms with Crippen molar-refractivity contribution in [2.45, 2.75) is 59.1 Å². The van der Waals surface area contributed by atoms with Crippen molar-refractivity contribution in [1.82, 2.24) is 9.78 Å². The zero-order chi connectivity index (χ0) is 14.9. The van der Waals surface area contributed by atoms with E-state index in [0.29, 0.717) is 6.42 Å². The maximum Gasteiger partial charge on any atom is 0.0937 e.